The lowest BCUT2D eigenvalue weighted by Gasteiger charge is -2.09. The van der Waals surface area contributed by atoms with Crippen LogP contribution in [-0.2, 0) is 0 Å². The van der Waals surface area contributed by atoms with Crippen LogP contribution in [0.1, 0.15) is 35.9 Å². The van der Waals surface area contributed by atoms with Gasteiger partial charge in [0, 0.05) is 12.2 Å². The van der Waals surface area contributed by atoms with E-state index in [0.717, 1.165) is 5.56 Å². The van der Waals surface area contributed by atoms with Gasteiger partial charge in [-0.3, -0.25) is 0 Å². The fourth-order valence-corrected chi connectivity index (χ4v) is 1.47. The predicted octanol–water partition coefficient (Wildman–Crippen LogP) is 2.73. The molecule has 0 aliphatic rings. The van der Waals surface area contributed by atoms with E-state index in [4.69, 9.17) is 16.7 Å². The van der Waals surface area contributed by atoms with Gasteiger partial charge in [-0.1, -0.05) is 11.6 Å². The minimum atomic E-state index is -0.980. The number of nitrogens with zero attached hydrogens (tertiary/aromatic N) is 1. The lowest BCUT2D eigenvalue weighted by atomic mass is 10.3. The summed E-state index contributed by atoms with van der Waals surface area (Å²) < 4.78 is 1.67. The molecule has 3 nitrogen and oxygen atoms in total. The highest BCUT2D eigenvalue weighted by atomic mass is 35.5. The van der Waals surface area contributed by atoms with Gasteiger partial charge in [0.05, 0.1) is 5.02 Å². The Morgan fingerprint density at radius 1 is 1.62 bits per heavy atom. The quantitative estimate of drug-likeness (QED) is 0.800. The molecule has 13 heavy (non-hydrogen) atoms. The van der Waals surface area contributed by atoms with Gasteiger partial charge < -0.3 is 9.67 Å². The maximum absolute atomic E-state index is 10.9. The number of carboxylic acid groups (broad SMARTS) is 1. The molecule has 1 aromatic rings. The molecule has 0 aromatic carbocycles. The summed E-state index contributed by atoms with van der Waals surface area (Å²) in [4.78, 5) is 10.9. The number of aromatic carboxylic acids is 1. The van der Waals surface area contributed by atoms with Gasteiger partial charge in [0.2, 0.25) is 0 Å². The second-order valence-electron chi connectivity index (χ2n) is 3.28. The Morgan fingerprint density at radius 2 is 2.15 bits per heavy atom. The van der Waals surface area contributed by atoms with Gasteiger partial charge >= 0.3 is 5.97 Å². The number of rotatable bonds is 2. The zero-order valence-corrected chi connectivity index (χ0v) is 8.59. The Labute approximate surface area is 81.9 Å². The summed E-state index contributed by atoms with van der Waals surface area (Å²) in [6, 6.07) is 0.109. The third-order valence-corrected chi connectivity index (χ3v) is 2.38. The molecule has 0 radical (unpaired) electrons. The van der Waals surface area contributed by atoms with Crippen LogP contribution < -0.4 is 0 Å². The molecule has 72 valence electrons. The topological polar surface area (TPSA) is 42.2 Å². The second-order valence-corrected chi connectivity index (χ2v) is 3.66. The van der Waals surface area contributed by atoms with E-state index in [9.17, 15) is 4.79 Å². The minimum Gasteiger partial charge on any atom is -0.477 e. The third kappa shape index (κ3) is 1.70. The highest BCUT2D eigenvalue weighted by Gasteiger charge is 2.18. The van der Waals surface area contributed by atoms with Crippen LogP contribution in [0.5, 0.6) is 0 Å². The van der Waals surface area contributed by atoms with E-state index in [2.05, 4.69) is 0 Å². The van der Waals surface area contributed by atoms with E-state index in [1.807, 2.05) is 13.8 Å². The van der Waals surface area contributed by atoms with Crippen molar-refractivity contribution >= 4 is 17.6 Å². The smallest absolute Gasteiger partial charge is 0.354 e. The normalized spacial score (nSPS) is 10.8. The van der Waals surface area contributed by atoms with Crippen LogP contribution in [0.3, 0.4) is 0 Å². The maximum atomic E-state index is 10.9. The van der Waals surface area contributed by atoms with Gasteiger partial charge in [-0.15, -0.1) is 0 Å². The molecule has 4 heteroatoms. The van der Waals surface area contributed by atoms with E-state index in [0.29, 0.717) is 5.02 Å². The van der Waals surface area contributed by atoms with Gasteiger partial charge in [0.15, 0.2) is 0 Å². The Bertz CT molecular complexity index is 342. The van der Waals surface area contributed by atoms with Crippen LogP contribution in [-0.4, -0.2) is 15.6 Å². The molecule has 0 saturated carbocycles. The molecule has 0 amide bonds. The second kappa shape index (κ2) is 3.42. The molecular formula is C9H12ClNO2. The van der Waals surface area contributed by atoms with Crippen LogP contribution in [0.4, 0.5) is 0 Å². The molecule has 0 fully saturated rings. The number of carbonyl (C=O) groups is 1. The van der Waals surface area contributed by atoms with Gasteiger partial charge in [-0.25, -0.2) is 4.79 Å². The Balaban J connectivity index is 3.35. The first-order valence-electron chi connectivity index (χ1n) is 4.05. The van der Waals surface area contributed by atoms with Crippen LogP contribution >= 0.6 is 11.6 Å². The van der Waals surface area contributed by atoms with Crippen molar-refractivity contribution in [2.75, 3.05) is 0 Å². The fraction of sp³-hybridized carbons (Fsp3) is 0.444. The molecule has 1 heterocycles. The molecule has 0 aliphatic carbocycles. The van der Waals surface area contributed by atoms with Crippen molar-refractivity contribution in [2.24, 2.45) is 0 Å². The molecule has 1 rings (SSSR count). The standard InChI is InChI=1S/C9H12ClNO2/c1-5(2)11-4-6(3)7(10)8(11)9(12)13/h4-5H,1-3H3,(H,12,13). The molecule has 0 unspecified atom stereocenters. The minimum absolute atomic E-state index is 0.109. The molecule has 1 N–H and O–H groups in total. The number of aryl methyl sites for hydroxylation is 1. The van der Waals surface area contributed by atoms with Gasteiger partial charge in [-0.05, 0) is 26.3 Å². The largest absolute Gasteiger partial charge is 0.477 e. The molecule has 0 atom stereocenters. The predicted molar refractivity (Wildman–Crippen MR) is 51.5 cm³/mol. The van der Waals surface area contributed by atoms with Gasteiger partial charge in [-0.2, -0.15) is 0 Å². The number of hydrogen-bond acceptors (Lipinski definition) is 1. The number of aromatic nitrogens is 1. The van der Waals surface area contributed by atoms with Crippen molar-refractivity contribution < 1.29 is 9.90 Å². The summed E-state index contributed by atoms with van der Waals surface area (Å²) >= 11 is 5.85. The summed E-state index contributed by atoms with van der Waals surface area (Å²) in [6.45, 7) is 5.64. The van der Waals surface area contributed by atoms with E-state index in [-0.39, 0.29) is 11.7 Å². The Hall–Kier alpha value is -0.960. The van der Waals surface area contributed by atoms with Crippen molar-refractivity contribution in [3.8, 4) is 0 Å². The van der Waals surface area contributed by atoms with Crippen LogP contribution in [0.15, 0.2) is 6.20 Å². The van der Waals surface area contributed by atoms with Gasteiger partial charge in [0.1, 0.15) is 5.69 Å². The van der Waals surface area contributed by atoms with E-state index in [1.54, 1.807) is 17.7 Å². The average Bonchev–Trinajstić information content (AvgIpc) is 2.28. The van der Waals surface area contributed by atoms with Crippen molar-refractivity contribution in [3.63, 3.8) is 0 Å². The lowest BCUT2D eigenvalue weighted by molar-refractivity contribution is 0.0683. The third-order valence-electron chi connectivity index (χ3n) is 1.90. The summed E-state index contributed by atoms with van der Waals surface area (Å²) in [5.74, 6) is -0.980. The molecule has 0 bridgehead atoms. The van der Waals surface area contributed by atoms with Crippen molar-refractivity contribution in [1.82, 2.24) is 4.57 Å². The molecule has 0 aliphatic heterocycles. The fourth-order valence-electron chi connectivity index (χ4n) is 1.24. The van der Waals surface area contributed by atoms with Crippen LogP contribution in [0, 0.1) is 6.92 Å². The van der Waals surface area contributed by atoms with E-state index in [1.165, 1.54) is 0 Å². The van der Waals surface area contributed by atoms with E-state index >= 15 is 0 Å². The summed E-state index contributed by atoms with van der Waals surface area (Å²) in [6.07, 6.45) is 1.76. The number of halogens is 1. The number of hydrogen-bond donors (Lipinski definition) is 1. The first-order chi connectivity index (χ1) is 5.95. The molecular weight excluding hydrogens is 190 g/mol. The zero-order valence-electron chi connectivity index (χ0n) is 7.84. The Kier molecular flexibility index (Phi) is 2.66. The average molecular weight is 202 g/mol. The van der Waals surface area contributed by atoms with Gasteiger partial charge in [0.25, 0.3) is 0 Å². The van der Waals surface area contributed by atoms with Crippen molar-refractivity contribution in [1.29, 1.82) is 0 Å². The monoisotopic (exact) mass is 201 g/mol. The zero-order chi connectivity index (χ0) is 10.2. The highest BCUT2D eigenvalue weighted by molar-refractivity contribution is 6.34. The summed E-state index contributed by atoms with van der Waals surface area (Å²) in [5, 5.41) is 9.24. The van der Waals surface area contributed by atoms with Crippen LogP contribution in [0.25, 0.3) is 0 Å². The first kappa shape index (κ1) is 10.1. The van der Waals surface area contributed by atoms with Crippen LogP contribution in [0.2, 0.25) is 5.02 Å². The summed E-state index contributed by atoms with van der Waals surface area (Å²) in [5.41, 5.74) is 0.974. The lowest BCUT2D eigenvalue weighted by Crippen LogP contribution is -2.09. The summed E-state index contributed by atoms with van der Waals surface area (Å²) in [7, 11) is 0. The van der Waals surface area contributed by atoms with E-state index < -0.39 is 5.97 Å². The Morgan fingerprint density at radius 3 is 2.46 bits per heavy atom. The maximum Gasteiger partial charge on any atom is 0.354 e. The molecule has 0 saturated heterocycles. The molecule has 0 spiro atoms. The number of carboxylic acids is 1. The first-order valence-corrected chi connectivity index (χ1v) is 4.43. The molecule has 1 aromatic heterocycles. The van der Waals surface area contributed by atoms with Crippen molar-refractivity contribution in [2.45, 2.75) is 26.8 Å². The highest BCUT2D eigenvalue weighted by Crippen LogP contribution is 2.25. The SMILES string of the molecule is Cc1cn(C(C)C)c(C(=O)O)c1Cl. The van der Waals surface area contributed by atoms with Crippen molar-refractivity contribution in [3.05, 3.63) is 22.5 Å².